The molecule has 0 radical (unpaired) electrons. The number of hydroxylamine groups is 2. The molecule has 0 saturated carbocycles. The molecule has 7 N–H and O–H groups in total. The minimum Gasteiger partial charge on any atom is -0.382 e. The Labute approximate surface area is 505 Å². The SMILES string of the molecule is CCCNc1nc(Cl)nc(NCCC)n1.CCCNc1nc(NCCC)nc(N(Cc2ccc(F)cc2)OC)n1.CCCNc1nc(NCCC)nc(N(Cc2ccc(F)cc2)OC)n1.CCOCC.Cl.Cl.O=CNCc1ccc(F)cc1. The van der Waals surface area contributed by atoms with Crippen LogP contribution in [0, 0.1) is 17.5 Å². The summed E-state index contributed by atoms with van der Waals surface area (Å²) in [6, 6.07) is 18.5. The van der Waals surface area contributed by atoms with Crippen LogP contribution in [0.3, 0.4) is 0 Å². The topological polar surface area (TPSA) is 251 Å². The number of nitrogens with zero attached hydrogens (tertiary/aromatic N) is 11. The zero-order chi connectivity index (χ0) is 59.5. The number of amides is 1. The van der Waals surface area contributed by atoms with Gasteiger partial charge in [-0.1, -0.05) is 77.9 Å². The van der Waals surface area contributed by atoms with E-state index >= 15 is 0 Å². The third-order valence-electron chi connectivity index (χ3n) is 10.1. The lowest BCUT2D eigenvalue weighted by Crippen LogP contribution is -2.25. The van der Waals surface area contributed by atoms with Gasteiger partial charge in [0.05, 0.1) is 27.3 Å². The molecule has 0 bridgehead atoms. The highest BCUT2D eigenvalue weighted by Gasteiger charge is 2.16. The van der Waals surface area contributed by atoms with Crippen molar-refractivity contribution < 1.29 is 32.4 Å². The first kappa shape index (κ1) is 76.1. The van der Waals surface area contributed by atoms with Crippen LogP contribution in [0.1, 0.15) is 111 Å². The molecule has 0 aliphatic carbocycles. The second-order valence-electron chi connectivity index (χ2n) is 17.0. The second-order valence-corrected chi connectivity index (χ2v) is 17.3. The molecule has 0 unspecified atom stereocenters. The van der Waals surface area contributed by atoms with Crippen LogP contribution in [0.15, 0.2) is 72.8 Å². The number of carbonyl (C=O) groups is 1. The van der Waals surface area contributed by atoms with Crippen LogP contribution in [0.4, 0.5) is 60.8 Å². The smallest absolute Gasteiger partial charge is 0.256 e. The Morgan fingerprint density at radius 3 is 0.928 bits per heavy atom. The summed E-state index contributed by atoms with van der Waals surface area (Å²) >= 11 is 5.77. The van der Waals surface area contributed by atoms with Gasteiger partial charge in [-0.15, -0.1) is 24.8 Å². The monoisotopic (exact) mass is 1220 g/mol. The van der Waals surface area contributed by atoms with Crippen LogP contribution in [-0.4, -0.2) is 118 Å². The van der Waals surface area contributed by atoms with E-state index in [2.05, 4.69) is 124 Å². The standard InChI is InChI=1S/2C17H25FN6O.C9H16ClN5.C8H8FNO.C4H10O.2ClH/c2*1-4-10-19-15-21-16(20-11-5-2)23-17(22-15)24(25-3)12-13-6-8-14(18)9-7-13;1-3-5-11-8-13-7(10)14-9(15-8)12-6-4-2;9-8-3-1-7(2-4-8)5-10-6-11;1-3-5-4-2;;/h2*6-9H,4-5,10-12H2,1-3H3,(H2,19,20,21,22,23);3-6H2,1-2H3,(H2,11,12,13,14,15);1-4,6H,5H2,(H,10,11);3-4H2,1-2H3;2*1H. The molecule has 3 aromatic heterocycles. The van der Waals surface area contributed by atoms with Crippen molar-refractivity contribution in [2.24, 2.45) is 0 Å². The molecule has 0 saturated heterocycles. The Balaban J connectivity index is 0.00000108. The van der Waals surface area contributed by atoms with Gasteiger partial charge in [-0.25, -0.2) is 23.3 Å². The molecule has 6 rings (SSSR count). The molecule has 28 heteroatoms. The van der Waals surface area contributed by atoms with E-state index in [0.29, 0.717) is 73.6 Å². The minimum absolute atomic E-state index is 0. The van der Waals surface area contributed by atoms with Crippen LogP contribution in [-0.2, 0) is 38.8 Å². The maximum Gasteiger partial charge on any atom is 0.256 e. The number of ether oxygens (including phenoxy) is 1. The first-order valence-electron chi connectivity index (χ1n) is 27.3. The summed E-state index contributed by atoms with van der Waals surface area (Å²) in [5, 5.41) is 24.6. The molecule has 0 aliphatic heterocycles. The predicted octanol–water partition coefficient (Wildman–Crippen LogP) is 11.6. The van der Waals surface area contributed by atoms with E-state index < -0.39 is 0 Å². The first-order chi connectivity index (χ1) is 39.3. The molecule has 0 spiro atoms. The Hall–Kier alpha value is -6.90. The van der Waals surface area contributed by atoms with Gasteiger partial charge in [-0.05, 0) is 117 Å². The number of carbonyl (C=O) groups excluding carboxylic acids is 1. The number of hydrogen-bond donors (Lipinski definition) is 7. The van der Waals surface area contributed by atoms with Gasteiger partial charge in [0.2, 0.25) is 47.4 Å². The number of aromatic nitrogens is 9. The zero-order valence-corrected chi connectivity index (χ0v) is 51.8. The lowest BCUT2D eigenvalue weighted by molar-refractivity contribution is -0.109. The summed E-state index contributed by atoms with van der Waals surface area (Å²) in [5.74, 6) is 2.98. The Morgan fingerprint density at radius 1 is 0.434 bits per heavy atom. The van der Waals surface area contributed by atoms with E-state index in [1.165, 1.54) is 36.4 Å². The summed E-state index contributed by atoms with van der Waals surface area (Å²) < 4.78 is 43.3. The molecule has 1 amide bonds. The van der Waals surface area contributed by atoms with Crippen molar-refractivity contribution in [2.45, 2.75) is 114 Å². The van der Waals surface area contributed by atoms with Crippen molar-refractivity contribution in [1.82, 2.24) is 50.2 Å². The van der Waals surface area contributed by atoms with Crippen molar-refractivity contribution in [2.75, 3.05) is 109 Å². The summed E-state index contributed by atoms with van der Waals surface area (Å²) in [4.78, 5) is 59.2. The van der Waals surface area contributed by atoms with Crippen LogP contribution < -0.4 is 47.3 Å². The van der Waals surface area contributed by atoms with Gasteiger partial charge >= 0.3 is 0 Å². The number of anilines is 8. The van der Waals surface area contributed by atoms with Gasteiger partial charge in [0, 0.05) is 59.0 Å². The van der Waals surface area contributed by atoms with Gasteiger partial charge in [0.15, 0.2) is 0 Å². The molecule has 0 aliphatic rings. The molecular weight excluding hydrogens is 1140 g/mol. The second kappa shape index (κ2) is 47.6. The first-order valence-corrected chi connectivity index (χ1v) is 27.7. The number of benzene rings is 3. The predicted molar refractivity (Wildman–Crippen MR) is 332 cm³/mol. The highest BCUT2D eigenvalue weighted by atomic mass is 35.5. The molecule has 3 aromatic carbocycles. The molecule has 83 heavy (non-hydrogen) atoms. The van der Waals surface area contributed by atoms with Crippen molar-refractivity contribution in [3.05, 3.63) is 112 Å². The normalized spacial score (nSPS) is 9.90. The average molecular weight is 1230 g/mol. The number of rotatable bonds is 31. The summed E-state index contributed by atoms with van der Waals surface area (Å²) in [6.45, 7) is 24.0. The van der Waals surface area contributed by atoms with Gasteiger partial charge < -0.3 is 42.0 Å². The molecule has 3 heterocycles. The van der Waals surface area contributed by atoms with E-state index in [1.807, 2.05) is 13.8 Å². The molecule has 462 valence electrons. The van der Waals surface area contributed by atoms with E-state index in [4.69, 9.17) is 26.0 Å². The molecular formula is C55H86Cl3F3N18O4. The van der Waals surface area contributed by atoms with Crippen LogP contribution >= 0.6 is 36.4 Å². The van der Waals surface area contributed by atoms with Crippen LogP contribution in [0.25, 0.3) is 0 Å². The number of halogens is 6. The summed E-state index contributed by atoms with van der Waals surface area (Å²) in [7, 11) is 3.09. The Morgan fingerprint density at radius 2 is 0.699 bits per heavy atom. The van der Waals surface area contributed by atoms with Crippen molar-refractivity contribution in [3.63, 3.8) is 0 Å². The highest BCUT2D eigenvalue weighted by molar-refractivity contribution is 6.28. The highest BCUT2D eigenvalue weighted by Crippen LogP contribution is 2.19. The lowest BCUT2D eigenvalue weighted by atomic mass is 10.2. The van der Waals surface area contributed by atoms with Crippen molar-refractivity contribution in [3.8, 4) is 0 Å². The van der Waals surface area contributed by atoms with Gasteiger partial charge in [-0.3, -0.25) is 14.5 Å². The van der Waals surface area contributed by atoms with Crippen LogP contribution in [0.5, 0.6) is 0 Å². The molecule has 22 nitrogen and oxygen atoms in total. The van der Waals surface area contributed by atoms with Crippen molar-refractivity contribution in [1.29, 1.82) is 0 Å². The molecule has 6 aromatic rings. The van der Waals surface area contributed by atoms with Crippen LogP contribution in [0.2, 0.25) is 5.28 Å². The molecule has 0 fully saturated rings. The number of hydrogen-bond acceptors (Lipinski definition) is 21. The van der Waals surface area contributed by atoms with Gasteiger partial charge in [0.1, 0.15) is 17.5 Å². The minimum atomic E-state index is -0.273. The summed E-state index contributed by atoms with van der Waals surface area (Å²) in [6.07, 6.45) is 6.49. The van der Waals surface area contributed by atoms with E-state index in [0.717, 1.165) is 108 Å². The fourth-order valence-corrected chi connectivity index (χ4v) is 6.27. The Kier molecular flexibility index (Phi) is 43.6. The maximum absolute atomic E-state index is 13.1. The quantitative estimate of drug-likeness (QED) is 0.0158. The Bertz CT molecular complexity index is 2380. The third-order valence-corrected chi connectivity index (χ3v) is 10.3. The number of nitrogens with one attached hydrogen (secondary N) is 7. The largest absolute Gasteiger partial charge is 0.382 e. The van der Waals surface area contributed by atoms with E-state index in [1.54, 1.807) is 60.7 Å². The lowest BCUT2D eigenvalue weighted by Gasteiger charge is -2.20. The zero-order valence-electron chi connectivity index (χ0n) is 49.4. The summed E-state index contributed by atoms with van der Waals surface area (Å²) in [5.41, 5.74) is 2.66. The average Bonchev–Trinajstić information content (AvgIpc) is 3.53. The fraction of sp³-hybridized carbons (Fsp3) is 0.491. The van der Waals surface area contributed by atoms with Gasteiger partial charge in [-0.2, -0.15) is 44.9 Å². The maximum atomic E-state index is 13.1. The van der Waals surface area contributed by atoms with E-state index in [9.17, 15) is 18.0 Å². The van der Waals surface area contributed by atoms with Crippen molar-refractivity contribution >= 4 is 90.4 Å². The van der Waals surface area contributed by atoms with E-state index in [-0.39, 0.29) is 47.5 Å². The molecule has 0 atom stereocenters. The third kappa shape index (κ3) is 33.7. The van der Waals surface area contributed by atoms with Gasteiger partial charge in [0.25, 0.3) is 11.9 Å². The fourth-order valence-electron chi connectivity index (χ4n) is 6.11.